The minimum atomic E-state index is -0.662. The Bertz CT molecular complexity index is 1000. The van der Waals surface area contributed by atoms with Gasteiger partial charge >= 0.3 is 5.97 Å². The number of rotatable bonds is 4. The molecule has 2 aliphatic heterocycles. The van der Waals surface area contributed by atoms with Crippen molar-refractivity contribution in [3.05, 3.63) is 56.8 Å². The van der Waals surface area contributed by atoms with Crippen LogP contribution in [-0.4, -0.2) is 43.5 Å². The van der Waals surface area contributed by atoms with Gasteiger partial charge in [-0.25, -0.2) is 0 Å². The molecule has 30 heavy (non-hydrogen) atoms. The smallest absolute Gasteiger partial charge is 0.313 e. The Hall–Kier alpha value is -2.64. The van der Waals surface area contributed by atoms with E-state index in [9.17, 15) is 9.59 Å². The average Bonchev–Trinajstić information content (AvgIpc) is 3.14. The number of fused-ring (bicyclic) bond motifs is 2. The minimum Gasteiger partial charge on any atom is -0.488 e. The van der Waals surface area contributed by atoms with E-state index in [1.807, 2.05) is 18.2 Å². The van der Waals surface area contributed by atoms with E-state index in [1.54, 1.807) is 18.3 Å². The lowest BCUT2D eigenvalue weighted by Gasteiger charge is -2.27. The van der Waals surface area contributed by atoms with Crippen molar-refractivity contribution in [2.24, 2.45) is 5.73 Å². The topological polar surface area (TPSA) is 81.9 Å². The largest absolute Gasteiger partial charge is 0.488 e. The molecule has 3 heterocycles. The number of nitrogens with zero attached hydrogens (tertiary/aromatic N) is 1. The number of likely N-dealkylation sites (tertiary alicyclic amines) is 1. The molecule has 0 radical (unpaired) electrons. The fourth-order valence-electron chi connectivity index (χ4n) is 3.98. The van der Waals surface area contributed by atoms with Crippen molar-refractivity contribution in [2.75, 3.05) is 26.7 Å². The van der Waals surface area contributed by atoms with Crippen molar-refractivity contribution < 1.29 is 19.1 Å². The highest BCUT2D eigenvalue weighted by atomic mass is 32.1. The standard InChI is InChI=1S/C23H26N2O4S/c1-14(23(27)29-13-20(24)26)16-3-4-19-18(11-16)21(15-5-8-25(2)9-6-15)22-17(12-28-19)7-10-30-22/h3-4,7,10-11,14H,5-6,8-9,12-13H2,1-2H3,(H2,24,26). The van der Waals surface area contributed by atoms with E-state index in [4.69, 9.17) is 15.2 Å². The zero-order valence-corrected chi connectivity index (χ0v) is 18.1. The number of ether oxygens (including phenoxy) is 2. The molecule has 4 rings (SSSR count). The SMILES string of the molecule is CC(C(=O)OCC(N)=O)c1ccc2c(c1)C(=C1CCN(C)CC1)c1sccc1CO2. The highest BCUT2D eigenvalue weighted by Crippen LogP contribution is 2.44. The van der Waals surface area contributed by atoms with E-state index >= 15 is 0 Å². The van der Waals surface area contributed by atoms with E-state index < -0.39 is 24.4 Å². The van der Waals surface area contributed by atoms with Crippen molar-refractivity contribution in [1.29, 1.82) is 0 Å². The Morgan fingerprint density at radius 2 is 2.03 bits per heavy atom. The monoisotopic (exact) mass is 426 g/mol. The quantitative estimate of drug-likeness (QED) is 0.759. The van der Waals surface area contributed by atoms with E-state index in [0.717, 1.165) is 42.8 Å². The van der Waals surface area contributed by atoms with Gasteiger partial charge in [-0.05, 0) is 56.0 Å². The molecule has 1 unspecified atom stereocenters. The summed E-state index contributed by atoms with van der Waals surface area (Å²) < 4.78 is 11.2. The number of thiophene rings is 1. The van der Waals surface area contributed by atoms with E-state index in [1.165, 1.54) is 21.6 Å². The number of esters is 1. The van der Waals surface area contributed by atoms with Gasteiger partial charge in [0.1, 0.15) is 12.4 Å². The van der Waals surface area contributed by atoms with Gasteiger partial charge in [-0.1, -0.05) is 11.6 Å². The van der Waals surface area contributed by atoms with Gasteiger partial charge in [0.2, 0.25) is 0 Å². The van der Waals surface area contributed by atoms with Crippen molar-refractivity contribution >= 4 is 28.8 Å². The summed E-state index contributed by atoms with van der Waals surface area (Å²) in [4.78, 5) is 26.9. The van der Waals surface area contributed by atoms with Gasteiger partial charge in [-0.15, -0.1) is 11.3 Å². The van der Waals surface area contributed by atoms with Crippen LogP contribution in [0, 0.1) is 0 Å². The zero-order chi connectivity index (χ0) is 21.3. The summed E-state index contributed by atoms with van der Waals surface area (Å²) in [6.45, 7) is 3.98. The van der Waals surface area contributed by atoms with Gasteiger partial charge in [-0.2, -0.15) is 0 Å². The number of amides is 1. The summed E-state index contributed by atoms with van der Waals surface area (Å²) in [5, 5.41) is 2.11. The first-order valence-electron chi connectivity index (χ1n) is 10.1. The van der Waals surface area contributed by atoms with Crippen LogP contribution in [0.2, 0.25) is 0 Å². The van der Waals surface area contributed by atoms with Gasteiger partial charge in [0.15, 0.2) is 6.61 Å². The first-order valence-corrected chi connectivity index (χ1v) is 11.0. The third kappa shape index (κ3) is 4.13. The molecule has 1 aromatic carbocycles. The summed E-state index contributed by atoms with van der Waals surface area (Å²) >= 11 is 1.74. The fourth-order valence-corrected chi connectivity index (χ4v) is 5.00. The molecule has 2 aliphatic rings. The third-order valence-electron chi connectivity index (χ3n) is 5.78. The van der Waals surface area contributed by atoms with Gasteiger partial charge in [0.25, 0.3) is 5.91 Å². The van der Waals surface area contributed by atoms with Gasteiger partial charge in [-0.3, -0.25) is 9.59 Å². The number of nitrogens with two attached hydrogens (primary N) is 1. The molecule has 158 valence electrons. The molecular weight excluding hydrogens is 400 g/mol. The number of benzene rings is 1. The van der Waals surface area contributed by atoms with Crippen LogP contribution in [0.3, 0.4) is 0 Å². The van der Waals surface area contributed by atoms with Crippen LogP contribution in [0.15, 0.2) is 35.2 Å². The Morgan fingerprint density at radius 1 is 1.27 bits per heavy atom. The minimum absolute atomic E-state index is 0.404. The van der Waals surface area contributed by atoms with Crippen molar-refractivity contribution in [3.63, 3.8) is 0 Å². The van der Waals surface area contributed by atoms with E-state index in [0.29, 0.717) is 6.61 Å². The molecule has 0 saturated carbocycles. The number of primary amides is 1. The molecule has 7 heteroatoms. The molecule has 1 atom stereocenters. The Balaban J connectivity index is 1.75. The summed E-state index contributed by atoms with van der Waals surface area (Å²) in [7, 11) is 2.15. The summed E-state index contributed by atoms with van der Waals surface area (Å²) in [5.74, 6) is -0.801. The predicted molar refractivity (Wildman–Crippen MR) is 116 cm³/mol. The third-order valence-corrected chi connectivity index (χ3v) is 6.76. The molecule has 1 saturated heterocycles. The highest BCUT2D eigenvalue weighted by Gasteiger charge is 2.27. The van der Waals surface area contributed by atoms with Crippen LogP contribution >= 0.6 is 11.3 Å². The molecule has 1 amide bonds. The number of carbonyl (C=O) groups is 2. The normalized spacial score (nSPS) is 17.4. The second-order valence-electron chi connectivity index (χ2n) is 7.90. The number of hydrogen-bond acceptors (Lipinski definition) is 6. The van der Waals surface area contributed by atoms with Crippen LogP contribution in [0.1, 0.15) is 47.3 Å². The summed E-state index contributed by atoms with van der Waals surface area (Å²) in [6.07, 6.45) is 2.03. The lowest BCUT2D eigenvalue weighted by molar-refractivity contribution is -0.148. The van der Waals surface area contributed by atoms with Crippen LogP contribution in [-0.2, 0) is 20.9 Å². The summed E-state index contributed by atoms with van der Waals surface area (Å²) in [5.41, 5.74) is 10.8. The fraction of sp³-hybridized carbons (Fsp3) is 0.391. The van der Waals surface area contributed by atoms with Crippen LogP contribution in [0.4, 0.5) is 0 Å². The molecule has 0 bridgehead atoms. The van der Waals surface area contributed by atoms with Crippen molar-refractivity contribution in [2.45, 2.75) is 32.3 Å². The molecule has 2 N–H and O–H groups in total. The lowest BCUT2D eigenvalue weighted by Crippen LogP contribution is -2.26. The lowest BCUT2D eigenvalue weighted by atomic mass is 9.88. The number of hydrogen-bond donors (Lipinski definition) is 1. The molecule has 1 fully saturated rings. The van der Waals surface area contributed by atoms with Gasteiger partial charge < -0.3 is 20.1 Å². The zero-order valence-electron chi connectivity index (χ0n) is 17.3. The molecule has 0 spiro atoms. The van der Waals surface area contributed by atoms with Crippen LogP contribution in [0.5, 0.6) is 5.75 Å². The Labute approximate surface area is 180 Å². The molecule has 6 nitrogen and oxygen atoms in total. The molecular formula is C23H26N2O4S. The van der Waals surface area contributed by atoms with Crippen molar-refractivity contribution in [3.8, 4) is 5.75 Å². The number of carbonyl (C=O) groups excluding carboxylic acids is 2. The average molecular weight is 427 g/mol. The Morgan fingerprint density at radius 3 is 2.77 bits per heavy atom. The first-order chi connectivity index (χ1) is 14.4. The molecule has 0 aliphatic carbocycles. The maximum atomic E-state index is 12.4. The highest BCUT2D eigenvalue weighted by molar-refractivity contribution is 7.11. The predicted octanol–water partition coefficient (Wildman–Crippen LogP) is 3.30. The van der Waals surface area contributed by atoms with Gasteiger partial charge in [0.05, 0.1) is 5.92 Å². The maximum Gasteiger partial charge on any atom is 0.313 e. The summed E-state index contributed by atoms with van der Waals surface area (Å²) in [6, 6.07) is 8.01. The molecule has 1 aromatic heterocycles. The number of piperidine rings is 1. The second kappa shape index (κ2) is 8.62. The maximum absolute atomic E-state index is 12.4. The van der Waals surface area contributed by atoms with Gasteiger partial charge in [0, 0.05) is 34.7 Å². The second-order valence-corrected chi connectivity index (χ2v) is 8.81. The van der Waals surface area contributed by atoms with E-state index in [2.05, 4.69) is 23.4 Å². The van der Waals surface area contributed by atoms with E-state index in [-0.39, 0.29) is 0 Å². The van der Waals surface area contributed by atoms with Crippen LogP contribution in [0.25, 0.3) is 5.57 Å². The van der Waals surface area contributed by atoms with Crippen LogP contribution < -0.4 is 10.5 Å². The first kappa shape index (κ1) is 20.6. The molecule has 2 aromatic rings. The Kier molecular flexibility index (Phi) is 5.92. The van der Waals surface area contributed by atoms with Crippen molar-refractivity contribution in [1.82, 2.24) is 4.90 Å².